The van der Waals surface area contributed by atoms with Gasteiger partial charge in [0.2, 0.25) is 0 Å². The van der Waals surface area contributed by atoms with E-state index in [-0.39, 0.29) is 0 Å². The van der Waals surface area contributed by atoms with Gasteiger partial charge in [-0.15, -0.1) is 0 Å². The third-order valence-electron chi connectivity index (χ3n) is 1.31. The fourth-order valence-corrected chi connectivity index (χ4v) is 1.90. The van der Waals surface area contributed by atoms with Crippen LogP contribution in [0.15, 0.2) is 0 Å². The Bertz CT molecular complexity index is 183. The number of hydrogen-bond donors (Lipinski definition) is 4. The number of amides is 2. The molecule has 0 fully saturated rings. The van der Waals surface area contributed by atoms with E-state index in [0.717, 1.165) is 54.7 Å². The molecule has 0 aromatic heterocycles. The van der Waals surface area contributed by atoms with Crippen molar-refractivity contribution in [1.82, 2.24) is 9.44 Å². The first-order valence-corrected chi connectivity index (χ1v) is 6.31. The predicted octanol–water partition coefficient (Wildman–Crippen LogP) is 1.99. The third kappa shape index (κ3) is 13.2. The van der Waals surface area contributed by atoms with E-state index in [0.29, 0.717) is 0 Å². The molecule has 0 bridgehead atoms. The van der Waals surface area contributed by atoms with E-state index in [9.17, 15) is 9.59 Å². The molecule has 0 unspecified atom stereocenters. The zero-order chi connectivity index (χ0) is 11.5. The maximum Gasteiger partial charge on any atom is 0.414 e. The molecule has 0 aromatic carbocycles. The van der Waals surface area contributed by atoms with Gasteiger partial charge in [0.15, 0.2) is 0 Å². The van der Waals surface area contributed by atoms with Crippen molar-refractivity contribution >= 4 is 36.1 Å². The maximum atomic E-state index is 10.0. The molecular formula is C7H14N2O4S2. The summed E-state index contributed by atoms with van der Waals surface area (Å²) in [4.78, 5) is 20.1. The first-order valence-electron chi connectivity index (χ1n) is 4.34. The lowest BCUT2D eigenvalue weighted by molar-refractivity contribution is 0.200. The quantitative estimate of drug-likeness (QED) is 0.390. The van der Waals surface area contributed by atoms with Gasteiger partial charge in [0.05, 0.1) is 0 Å². The number of hydrogen-bond acceptors (Lipinski definition) is 4. The standard InChI is InChI=1S/C7H14N2O4S2/c10-6(11)8-14-4-2-1-3-5-15-9-7(12)13/h8-9H,1-5H2,(H,10,11)(H,12,13). The van der Waals surface area contributed by atoms with Crippen LogP contribution in [0.3, 0.4) is 0 Å². The highest BCUT2D eigenvalue weighted by molar-refractivity contribution is 7.98. The predicted molar refractivity (Wildman–Crippen MR) is 61.1 cm³/mol. The molecular weight excluding hydrogens is 240 g/mol. The van der Waals surface area contributed by atoms with Gasteiger partial charge in [-0.3, -0.25) is 9.44 Å². The Morgan fingerprint density at radius 1 is 0.867 bits per heavy atom. The largest absolute Gasteiger partial charge is 0.464 e. The van der Waals surface area contributed by atoms with Gasteiger partial charge >= 0.3 is 12.2 Å². The summed E-state index contributed by atoms with van der Waals surface area (Å²) in [6.45, 7) is 0. The summed E-state index contributed by atoms with van der Waals surface area (Å²) in [7, 11) is 0. The molecule has 88 valence electrons. The monoisotopic (exact) mass is 254 g/mol. The van der Waals surface area contributed by atoms with E-state index in [1.54, 1.807) is 0 Å². The Labute approximate surface area is 96.5 Å². The minimum Gasteiger partial charge on any atom is -0.464 e. The Kier molecular flexibility index (Phi) is 9.29. The molecule has 0 heterocycles. The van der Waals surface area contributed by atoms with Crippen LogP contribution in [0.4, 0.5) is 9.59 Å². The minimum absolute atomic E-state index is 0.739. The van der Waals surface area contributed by atoms with Crippen LogP contribution in [0.2, 0.25) is 0 Å². The number of unbranched alkanes of at least 4 members (excludes halogenated alkanes) is 2. The average molecular weight is 254 g/mol. The molecule has 0 aliphatic rings. The molecule has 6 nitrogen and oxygen atoms in total. The smallest absolute Gasteiger partial charge is 0.414 e. The summed E-state index contributed by atoms with van der Waals surface area (Å²) in [6, 6.07) is 0. The molecule has 0 spiro atoms. The van der Waals surface area contributed by atoms with E-state index in [4.69, 9.17) is 10.2 Å². The molecule has 0 aromatic rings. The Morgan fingerprint density at radius 2 is 1.27 bits per heavy atom. The highest BCUT2D eigenvalue weighted by Gasteiger charge is 1.96. The van der Waals surface area contributed by atoms with E-state index in [1.165, 1.54) is 0 Å². The molecule has 0 aliphatic heterocycles. The van der Waals surface area contributed by atoms with Crippen molar-refractivity contribution in [3.8, 4) is 0 Å². The third-order valence-corrected chi connectivity index (χ3v) is 2.94. The van der Waals surface area contributed by atoms with Crippen LogP contribution in [-0.2, 0) is 0 Å². The van der Waals surface area contributed by atoms with Crippen LogP contribution >= 0.6 is 23.9 Å². The number of nitrogens with one attached hydrogen (secondary N) is 2. The molecule has 4 N–H and O–H groups in total. The molecule has 15 heavy (non-hydrogen) atoms. The van der Waals surface area contributed by atoms with Gasteiger partial charge in [-0.25, -0.2) is 9.59 Å². The molecule has 0 rings (SSSR count). The Morgan fingerprint density at radius 3 is 1.60 bits per heavy atom. The highest BCUT2D eigenvalue weighted by Crippen LogP contribution is 2.05. The van der Waals surface area contributed by atoms with Crippen molar-refractivity contribution in [1.29, 1.82) is 0 Å². The van der Waals surface area contributed by atoms with Crippen molar-refractivity contribution in [2.45, 2.75) is 19.3 Å². The maximum absolute atomic E-state index is 10.0. The minimum atomic E-state index is -1.03. The first-order chi connectivity index (χ1) is 7.13. The van der Waals surface area contributed by atoms with E-state index in [1.807, 2.05) is 0 Å². The van der Waals surface area contributed by atoms with E-state index >= 15 is 0 Å². The van der Waals surface area contributed by atoms with Crippen LogP contribution in [-0.4, -0.2) is 33.9 Å². The van der Waals surface area contributed by atoms with Crippen molar-refractivity contribution in [2.24, 2.45) is 0 Å². The molecule has 8 heteroatoms. The molecule has 2 amide bonds. The summed E-state index contributed by atoms with van der Waals surface area (Å²) < 4.78 is 4.40. The lowest BCUT2D eigenvalue weighted by Gasteiger charge is -2.01. The SMILES string of the molecule is O=C(O)NSCCCCCSNC(=O)O. The van der Waals surface area contributed by atoms with Gasteiger partial charge in [0, 0.05) is 11.5 Å². The van der Waals surface area contributed by atoms with Gasteiger partial charge in [-0.05, 0) is 36.7 Å². The first kappa shape index (κ1) is 14.2. The number of carboxylic acid groups (broad SMARTS) is 2. The lowest BCUT2D eigenvalue weighted by atomic mass is 10.3. The highest BCUT2D eigenvalue weighted by atomic mass is 32.2. The Balaban J connectivity index is 2.99. The second-order valence-electron chi connectivity index (χ2n) is 2.57. The van der Waals surface area contributed by atoms with Gasteiger partial charge in [-0.2, -0.15) is 0 Å². The van der Waals surface area contributed by atoms with Crippen LogP contribution < -0.4 is 9.44 Å². The van der Waals surface area contributed by atoms with Gasteiger partial charge in [0.25, 0.3) is 0 Å². The fraction of sp³-hybridized carbons (Fsp3) is 0.714. The van der Waals surface area contributed by atoms with Crippen LogP contribution in [0.5, 0.6) is 0 Å². The van der Waals surface area contributed by atoms with Crippen LogP contribution in [0.1, 0.15) is 19.3 Å². The van der Waals surface area contributed by atoms with Gasteiger partial charge in [0.1, 0.15) is 0 Å². The number of carbonyl (C=O) groups is 2. The topological polar surface area (TPSA) is 98.7 Å². The average Bonchev–Trinajstić information content (AvgIpc) is 2.14. The van der Waals surface area contributed by atoms with Crippen LogP contribution in [0, 0.1) is 0 Å². The van der Waals surface area contributed by atoms with Crippen molar-refractivity contribution in [3.05, 3.63) is 0 Å². The normalized spacial score (nSPS) is 9.60. The molecule has 0 saturated heterocycles. The second-order valence-corrected chi connectivity index (χ2v) is 4.37. The summed E-state index contributed by atoms with van der Waals surface area (Å²) in [5.74, 6) is 1.48. The molecule has 0 saturated carbocycles. The zero-order valence-corrected chi connectivity index (χ0v) is 9.70. The van der Waals surface area contributed by atoms with E-state index in [2.05, 4.69) is 9.44 Å². The zero-order valence-electron chi connectivity index (χ0n) is 8.06. The summed E-state index contributed by atoms with van der Waals surface area (Å²) in [6.07, 6.45) is 0.738. The van der Waals surface area contributed by atoms with E-state index < -0.39 is 12.2 Å². The molecule has 0 aliphatic carbocycles. The van der Waals surface area contributed by atoms with Gasteiger partial charge < -0.3 is 10.2 Å². The van der Waals surface area contributed by atoms with Crippen LogP contribution in [0.25, 0.3) is 0 Å². The molecule has 0 radical (unpaired) electrons. The summed E-state index contributed by atoms with van der Waals surface area (Å²) >= 11 is 2.33. The fourth-order valence-electron chi connectivity index (χ4n) is 0.751. The van der Waals surface area contributed by atoms with Crippen molar-refractivity contribution in [2.75, 3.05) is 11.5 Å². The molecule has 0 atom stereocenters. The summed E-state index contributed by atoms with van der Waals surface area (Å²) in [5, 5.41) is 16.5. The Hall–Kier alpha value is -0.760. The lowest BCUT2D eigenvalue weighted by Crippen LogP contribution is -2.12. The number of rotatable bonds is 8. The summed E-state index contributed by atoms with van der Waals surface area (Å²) in [5.41, 5.74) is 0. The van der Waals surface area contributed by atoms with Crippen molar-refractivity contribution < 1.29 is 19.8 Å². The second kappa shape index (κ2) is 9.78. The van der Waals surface area contributed by atoms with Crippen molar-refractivity contribution in [3.63, 3.8) is 0 Å². The van der Waals surface area contributed by atoms with Gasteiger partial charge in [-0.1, -0.05) is 6.42 Å².